The summed E-state index contributed by atoms with van der Waals surface area (Å²) >= 11 is 0. The molecule has 0 aliphatic rings. The largest absolute Gasteiger partial charge is 0.497 e. The molecule has 100 valence electrons. The molecule has 0 fully saturated rings. The minimum absolute atomic E-state index is 0.442. The number of ether oxygens (including phenoxy) is 1. The quantitative estimate of drug-likeness (QED) is 0.445. The van der Waals surface area contributed by atoms with Crippen LogP contribution >= 0.6 is 0 Å². The number of hydrogen-bond acceptors (Lipinski definition) is 1. The Hall–Kier alpha value is -1.24. The predicted octanol–water partition coefficient (Wildman–Crippen LogP) is 5.33. The van der Waals surface area contributed by atoms with Crippen molar-refractivity contribution in [2.45, 2.75) is 51.9 Å². The second-order valence-corrected chi connectivity index (χ2v) is 4.96. The fourth-order valence-corrected chi connectivity index (χ4v) is 2.12. The van der Waals surface area contributed by atoms with E-state index in [1.807, 2.05) is 12.1 Å². The van der Waals surface area contributed by atoms with Gasteiger partial charge in [0, 0.05) is 5.92 Å². The summed E-state index contributed by atoms with van der Waals surface area (Å²) in [5, 5.41) is 0. The van der Waals surface area contributed by atoms with Crippen LogP contribution in [0, 0.1) is 0 Å². The van der Waals surface area contributed by atoms with E-state index in [9.17, 15) is 0 Å². The summed E-state index contributed by atoms with van der Waals surface area (Å²) in [6.45, 7) is 8.72. The first kappa shape index (κ1) is 14.8. The SMILES string of the molecule is C=C(CCCCCC)[C@H](C)c1ccc(OC)cc1. The van der Waals surface area contributed by atoms with Crippen molar-refractivity contribution in [3.63, 3.8) is 0 Å². The van der Waals surface area contributed by atoms with Crippen LogP contribution in [0.4, 0.5) is 0 Å². The normalized spacial score (nSPS) is 12.2. The van der Waals surface area contributed by atoms with Gasteiger partial charge in [0.2, 0.25) is 0 Å². The molecule has 1 aromatic carbocycles. The van der Waals surface area contributed by atoms with Crippen LogP contribution in [0.2, 0.25) is 0 Å². The summed E-state index contributed by atoms with van der Waals surface area (Å²) in [7, 11) is 1.70. The minimum Gasteiger partial charge on any atom is -0.497 e. The third-order valence-corrected chi connectivity index (χ3v) is 3.58. The highest BCUT2D eigenvalue weighted by atomic mass is 16.5. The minimum atomic E-state index is 0.442. The lowest BCUT2D eigenvalue weighted by atomic mass is 9.90. The molecule has 0 bridgehead atoms. The average Bonchev–Trinajstić information content (AvgIpc) is 2.42. The molecule has 1 rings (SSSR count). The molecule has 0 N–H and O–H groups in total. The Morgan fingerprint density at radius 3 is 2.39 bits per heavy atom. The van der Waals surface area contributed by atoms with E-state index in [0.29, 0.717) is 5.92 Å². The van der Waals surface area contributed by atoms with Crippen molar-refractivity contribution in [2.24, 2.45) is 0 Å². The fourth-order valence-electron chi connectivity index (χ4n) is 2.12. The lowest BCUT2D eigenvalue weighted by Crippen LogP contribution is -1.97. The van der Waals surface area contributed by atoms with Gasteiger partial charge in [-0.2, -0.15) is 0 Å². The molecule has 0 saturated carbocycles. The number of hydrogen-bond donors (Lipinski definition) is 0. The summed E-state index contributed by atoms with van der Waals surface area (Å²) in [6.07, 6.45) is 6.37. The van der Waals surface area contributed by atoms with Crippen LogP contribution in [0.25, 0.3) is 0 Å². The van der Waals surface area contributed by atoms with Crippen LogP contribution in [0.1, 0.15) is 57.4 Å². The number of unbranched alkanes of at least 4 members (excludes halogenated alkanes) is 3. The van der Waals surface area contributed by atoms with Gasteiger partial charge in [0.25, 0.3) is 0 Å². The molecule has 0 amide bonds. The van der Waals surface area contributed by atoms with Crippen LogP contribution in [0.3, 0.4) is 0 Å². The monoisotopic (exact) mass is 246 g/mol. The van der Waals surface area contributed by atoms with Gasteiger partial charge in [0.1, 0.15) is 5.75 Å². The van der Waals surface area contributed by atoms with E-state index in [1.165, 1.54) is 36.8 Å². The molecule has 0 radical (unpaired) electrons. The first-order valence-electron chi connectivity index (χ1n) is 7.00. The topological polar surface area (TPSA) is 9.23 Å². The summed E-state index contributed by atoms with van der Waals surface area (Å²) in [5.41, 5.74) is 2.67. The summed E-state index contributed by atoms with van der Waals surface area (Å²) in [5.74, 6) is 1.36. The smallest absolute Gasteiger partial charge is 0.118 e. The van der Waals surface area contributed by atoms with E-state index in [0.717, 1.165) is 12.2 Å². The van der Waals surface area contributed by atoms with Crippen molar-refractivity contribution in [1.82, 2.24) is 0 Å². The Labute approximate surface area is 112 Å². The molecule has 1 aromatic rings. The van der Waals surface area contributed by atoms with Gasteiger partial charge in [-0.15, -0.1) is 0 Å². The lowest BCUT2D eigenvalue weighted by molar-refractivity contribution is 0.414. The third kappa shape index (κ3) is 4.56. The Morgan fingerprint density at radius 2 is 1.83 bits per heavy atom. The Balaban J connectivity index is 2.46. The molecule has 0 aromatic heterocycles. The van der Waals surface area contributed by atoms with E-state index < -0.39 is 0 Å². The number of benzene rings is 1. The second kappa shape index (κ2) is 7.97. The molecular formula is C17H26O. The highest BCUT2D eigenvalue weighted by Crippen LogP contribution is 2.27. The van der Waals surface area contributed by atoms with Crippen molar-refractivity contribution in [3.8, 4) is 5.75 Å². The zero-order chi connectivity index (χ0) is 13.4. The van der Waals surface area contributed by atoms with Crippen molar-refractivity contribution in [3.05, 3.63) is 42.0 Å². The maximum absolute atomic E-state index is 5.18. The molecule has 0 spiro atoms. The van der Waals surface area contributed by atoms with Gasteiger partial charge in [0.05, 0.1) is 7.11 Å². The summed E-state index contributed by atoms with van der Waals surface area (Å²) < 4.78 is 5.18. The van der Waals surface area contributed by atoms with Gasteiger partial charge < -0.3 is 4.74 Å². The van der Waals surface area contributed by atoms with Crippen LogP contribution < -0.4 is 4.74 Å². The summed E-state index contributed by atoms with van der Waals surface area (Å²) in [6, 6.07) is 8.33. The van der Waals surface area contributed by atoms with Gasteiger partial charge in [-0.1, -0.05) is 57.4 Å². The van der Waals surface area contributed by atoms with Crippen molar-refractivity contribution in [1.29, 1.82) is 0 Å². The van der Waals surface area contributed by atoms with E-state index >= 15 is 0 Å². The zero-order valence-corrected chi connectivity index (χ0v) is 12.0. The van der Waals surface area contributed by atoms with Gasteiger partial charge in [-0.05, 0) is 30.5 Å². The fraction of sp³-hybridized carbons (Fsp3) is 0.529. The first-order valence-corrected chi connectivity index (χ1v) is 7.00. The van der Waals surface area contributed by atoms with E-state index in [4.69, 9.17) is 4.74 Å². The van der Waals surface area contributed by atoms with Crippen LogP contribution in [-0.4, -0.2) is 7.11 Å². The molecule has 18 heavy (non-hydrogen) atoms. The molecule has 1 nitrogen and oxygen atoms in total. The molecule has 0 heterocycles. The second-order valence-electron chi connectivity index (χ2n) is 4.96. The van der Waals surface area contributed by atoms with Gasteiger partial charge in [-0.25, -0.2) is 0 Å². The van der Waals surface area contributed by atoms with Crippen molar-refractivity contribution < 1.29 is 4.74 Å². The molecule has 0 aliphatic heterocycles. The van der Waals surface area contributed by atoms with Crippen LogP contribution in [0.15, 0.2) is 36.4 Å². The highest BCUT2D eigenvalue weighted by Gasteiger charge is 2.09. The van der Waals surface area contributed by atoms with E-state index in [2.05, 4.69) is 32.6 Å². The number of allylic oxidation sites excluding steroid dienone is 1. The van der Waals surface area contributed by atoms with Gasteiger partial charge >= 0.3 is 0 Å². The predicted molar refractivity (Wildman–Crippen MR) is 79.3 cm³/mol. The van der Waals surface area contributed by atoms with Crippen molar-refractivity contribution >= 4 is 0 Å². The molecule has 1 atom stereocenters. The molecule has 1 heteroatoms. The maximum Gasteiger partial charge on any atom is 0.118 e. The summed E-state index contributed by atoms with van der Waals surface area (Å²) in [4.78, 5) is 0. The van der Waals surface area contributed by atoms with Crippen LogP contribution in [0.5, 0.6) is 5.75 Å². The molecule has 0 unspecified atom stereocenters. The average molecular weight is 246 g/mol. The molecule has 0 saturated heterocycles. The standard InChI is InChI=1S/C17H26O/c1-5-6-7-8-9-14(2)15(3)16-10-12-17(18-4)13-11-16/h10-13,15H,2,5-9H2,1,3-4H3/t15-/m0/s1. The zero-order valence-electron chi connectivity index (χ0n) is 12.0. The number of methoxy groups -OCH3 is 1. The maximum atomic E-state index is 5.18. The molecule has 0 aliphatic carbocycles. The Morgan fingerprint density at radius 1 is 1.17 bits per heavy atom. The molecular weight excluding hydrogens is 220 g/mol. The Kier molecular flexibility index (Phi) is 6.56. The highest BCUT2D eigenvalue weighted by molar-refractivity contribution is 5.32. The third-order valence-electron chi connectivity index (χ3n) is 3.58. The number of rotatable bonds is 8. The van der Waals surface area contributed by atoms with Crippen molar-refractivity contribution in [2.75, 3.05) is 7.11 Å². The van der Waals surface area contributed by atoms with Gasteiger partial charge in [0.15, 0.2) is 0 Å². The van der Waals surface area contributed by atoms with E-state index in [-0.39, 0.29) is 0 Å². The Bertz CT molecular complexity index is 350. The van der Waals surface area contributed by atoms with Gasteiger partial charge in [-0.3, -0.25) is 0 Å². The van der Waals surface area contributed by atoms with Crippen LogP contribution in [-0.2, 0) is 0 Å². The van der Waals surface area contributed by atoms with E-state index in [1.54, 1.807) is 7.11 Å². The first-order chi connectivity index (χ1) is 8.69. The lowest BCUT2D eigenvalue weighted by Gasteiger charge is -2.15.